The second-order valence-corrected chi connectivity index (χ2v) is 7.52. The van der Waals surface area contributed by atoms with Crippen LogP contribution in [-0.2, 0) is 11.2 Å². The van der Waals surface area contributed by atoms with Crippen LogP contribution in [0.3, 0.4) is 0 Å². The van der Waals surface area contributed by atoms with Crippen molar-refractivity contribution in [2.24, 2.45) is 11.3 Å². The Kier molecular flexibility index (Phi) is 5.15. The zero-order valence-corrected chi connectivity index (χ0v) is 14.9. The average molecular weight is 348 g/mol. The topological polar surface area (TPSA) is 116 Å². The Balaban J connectivity index is 2.36. The number of hydrogen-bond donors (Lipinski definition) is 3. The number of Topliss-reactive ketones (excluding diaryl/α,β-unsaturated/α-hetero) is 1. The summed E-state index contributed by atoms with van der Waals surface area (Å²) in [5, 5.41) is 11.7. The fraction of sp³-hybridized carbons (Fsp3) is 0.556. The zero-order chi connectivity index (χ0) is 18.9. The van der Waals surface area contributed by atoms with Crippen LogP contribution in [0.25, 0.3) is 0 Å². The normalized spacial score (nSPS) is 18.2. The van der Waals surface area contributed by atoms with Crippen molar-refractivity contribution in [3.8, 4) is 0 Å². The number of amides is 1. The third-order valence-electron chi connectivity index (χ3n) is 4.73. The van der Waals surface area contributed by atoms with Crippen molar-refractivity contribution >= 4 is 17.7 Å². The summed E-state index contributed by atoms with van der Waals surface area (Å²) in [4.78, 5) is 51.0. The van der Waals surface area contributed by atoms with Crippen molar-refractivity contribution in [2.45, 2.75) is 53.0 Å². The molecule has 2 unspecified atom stereocenters. The van der Waals surface area contributed by atoms with Crippen LogP contribution in [0.5, 0.6) is 0 Å². The van der Waals surface area contributed by atoms with Gasteiger partial charge in [-0.3, -0.25) is 14.4 Å². The van der Waals surface area contributed by atoms with Crippen LogP contribution in [-0.4, -0.2) is 33.8 Å². The second kappa shape index (κ2) is 6.82. The fourth-order valence-corrected chi connectivity index (χ4v) is 3.10. The highest BCUT2D eigenvalue weighted by molar-refractivity contribution is 6.02. The van der Waals surface area contributed by atoms with Crippen LogP contribution in [0.15, 0.2) is 10.9 Å². The van der Waals surface area contributed by atoms with E-state index in [9.17, 15) is 24.3 Å². The van der Waals surface area contributed by atoms with Gasteiger partial charge in [0.25, 0.3) is 11.5 Å². The number of ketones is 1. The maximum Gasteiger partial charge on any atom is 0.326 e. The molecular formula is C18H24N2O5. The van der Waals surface area contributed by atoms with E-state index in [-0.39, 0.29) is 22.7 Å². The quantitative estimate of drug-likeness (QED) is 0.750. The fourth-order valence-electron chi connectivity index (χ4n) is 3.10. The summed E-state index contributed by atoms with van der Waals surface area (Å²) in [6.07, 6.45) is 1.43. The molecule has 3 N–H and O–H groups in total. The van der Waals surface area contributed by atoms with Gasteiger partial charge in [0.15, 0.2) is 5.78 Å². The molecule has 2 rings (SSSR count). The molecule has 0 saturated heterocycles. The zero-order valence-electron chi connectivity index (χ0n) is 14.9. The molecule has 0 aromatic carbocycles. The number of carboxylic acids is 1. The number of hydrogen-bond acceptors (Lipinski definition) is 4. The molecule has 0 spiro atoms. The van der Waals surface area contributed by atoms with Crippen molar-refractivity contribution in [3.05, 3.63) is 33.2 Å². The SMILES string of the molecule is CCC(C)C(NC(=O)c1cc2c([nH]c1=O)CC(C)(C)CC2=O)C(=O)O. The number of rotatable bonds is 5. The lowest BCUT2D eigenvalue weighted by Crippen LogP contribution is -2.46. The Morgan fingerprint density at radius 1 is 1.32 bits per heavy atom. The van der Waals surface area contributed by atoms with E-state index in [0.29, 0.717) is 30.5 Å². The lowest BCUT2D eigenvalue weighted by molar-refractivity contribution is -0.140. The number of carbonyl (C=O) groups is 3. The van der Waals surface area contributed by atoms with E-state index in [2.05, 4.69) is 10.3 Å². The molecule has 1 aromatic rings. The number of fused-ring (bicyclic) bond motifs is 1. The summed E-state index contributed by atoms with van der Waals surface area (Å²) < 4.78 is 0. The third-order valence-corrected chi connectivity index (χ3v) is 4.73. The highest BCUT2D eigenvalue weighted by atomic mass is 16.4. The predicted molar refractivity (Wildman–Crippen MR) is 91.8 cm³/mol. The van der Waals surface area contributed by atoms with Gasteiger partial charge in [0.2, 0.25) is 0 Å². The lowest BCUT2D eigenvalue weighted by Gasteiger charge is -2.29. The van der Waals surface area contributed by atoms with Gasteiger partial charge in [-0.1, -0.05) is 34.1 Å². The van der Waals surface area contributed by atoms with Gasteiger partial charge >= 0.3 is 5.97 Å². The molecule has 7 heteroatoms. The molecule has 1 amide bonds. The highest BCUT2D eigenvalue weighted by Crippen LogP contribution is 2.33. The molecule has 1 aromatic heterocycles. The third kappa shape index (κ3) is 3.97. The summed E-state index contributed by atoms with van der Waals surface area (Å²) >= 11 is 0. The first-order chi connectivity index (χ1) is 11.6. The Hall–Kier alpha value is -2.44. The Morgan fingerprint density at radius 3 is 2.52 bits per heavy atom. The van der Waals surface area contributed by atoms with Crippen LogP contribution in [0.4, 0.5) is 0 Å². The van der Waals surface area contributed by atoms with Crippen LogP contribution in [0, 0.1) is 11.3 Å². The minimum Gasteiger partial charge on any atom is -0.480 e. The van der Waals surface area contributed by atoms with Crippen molar-refractivity contribution < 1.29 is 19.5 Å². The van der Waals surface area contributed by atoms with Crippen molar-refractivity contribution in [1.29, 1.82) is 0 Å². The van der Waals surface area contributed by atoms with Gasteiger partial charge in [-0.05, 0) is 23.8 Å². The summed E-state index contributed by atoms with van der Waals surface area (Å²) in [6.45, 7) is 7.41. The predicted octanol–water partition coefficient (Wildman–Crippen LogP) is 1.76. The van der Waals surface area contributed by atoms with Crippen LogP contribution in [0.2, 0.25) is 0 Å². The van der Waals surface area contributed by atoms with Gasteiger partial charge in [0.1, 0.15) is 11.6 Å². The van der Waals surface area contributed by atoms with Crippen molar-refractivity contribution in [2.75, 3.05) is 0 Å². The molecule has 0 bridgehead atoms. The molecule has 136 valence electrons. The molecule has 0 radical (unpaired) electrons. The number of H-pyrrole nitrogens is 1. The number of carboxylic acid groups (broad SMARTS) is 1. The Bertz CT molecular complexity index is 778. The number of nitrogens with one attached hydrogen (secondary N) is 2. The molecule has 1 heterocycles. The molecule has 0 saturated carbocycles. The standard InChI is InChI=1S/C18H24N2O5/c1-5-9(2)14(17(24)25)20-16(23)11-6-10-12(19-15(11)22)7-18(3,4)8-13(10)21/h6,9,14H,5,7-8H2,1-4H3,(H,19,22)(H,20,23)(H,24,25). The highest BCUT2D eigenvalue weighted by Gasteiger charge is 2.33. The van der Waals surface area contributed by atoms with E-state index in [4.69, 9.17) is 0 Å². The van der Waals surface area contributed by atoms with Gasteiger partial charge in [-0.2, -0.15) is 0 Å². The molecule has 1 aliphatic rings. The summed E-state index contributed by atoms with van der Waals surface area (Å²) in [7, 11) is 0. The second-order valence-electron chi connectivity index (χ2n) is 7.52. The van der Waals surface area contributed by atoms with Gasteiger partial charge in [0, 0.05) is 17.7 Å². The van der Waals surface area contributed by atoms with Crippen molar-refractivity contribution in [3.63, 3.8) is 0 Å². The molecule has 7 nitrogen and oxygen atoms in total. The average Bonchev–Trinajstić information content (AvgIpc) is 2.49. The summed E-state index contributed by atoms with van der Waals surface area (Å²) in [5.74, 6) is -2.36. The number of aromatic amines is 1. The Morgan fingerprint density at radius 2 is 1.96 bits per heavy atom. The minimum atomic E-state index is -1.16. The maximum absolute atomic E-state index is 12.4. The maximum atomic E-state index is 12.4. The molecule has 0 aliphatic heterocycles. The molecular weight excluding hydrogens is 324 g/mol. The van der Waals surface area contributed by atoms with Gasteiger partial charge < -0.3 is 15.4 Å². The van der Waals surface area contributed by atoms with Gasteiger partial charge in [-0.25, -0.2) is 4.79 Å². The number of aromatic nitrogens is 1. The van der Waals surface area contributed by atoms with E-state index in [1.54, 1.807) is 6.92 Å². The summed E-state index contributed by atoms with van der Waals surface area (Å²) in [5.41, 5.74) is -0.239. The first-order valence-electron chi connectivity index (χ1n) is 8.39. The number of carbonyl (C=O) groups excluding carboxylic acids is 2. The van der Waals surface area contributed by atoms with E-state index in [0.717, 1.165) is 0 Å². The van der Waals surface area contributed by atoms with Gasteiger partial charge in [-0.15, -0.1) is 0 Å². The van der Waals surface area contributed by atoms with Crippen LogP contribution < -0.4 is 10.9 Å². The van der Waals surface area contributed by atoms with Gasteiger partial charge in [0.05, 0.1) is 0 Å². The lowest BCUT2D eigenvalue weighted by atomic mass is 9.75. The minimum absolute atomic E-state index is 0.131. The van der Waals surface area contributed by atoms with E-state index in [1.165, 1.54) is 6.07 Å². The molecule has 2 atom stereocenters. The van der Waals surface area contributed by atoms with Crippen LogP contribution >= 0.6 is 0 Å². The van der Waals surface area contributed by atoms with Crippen molar-refractivity contribution in [1.82, 2.24) is 10.3 Å². The van der Waals surface area contributed by atoms with E-state index < -0.39 is 23.5 Å². The molecule has 1 aliphatic carbocycles. The smallest absolute Gasteiger partial charge is 0.326 e. The van der Waals surface area contributed by atoms with Crippen LogP contribution in [0.1, 0.15) is 66.9 Å². The summed E-state index contributed by atoms with van der Waals surface area (Å²) in [6, 6.07) is 0.193. The molecule has 0 fully saturated rings. The molecule has 25 heavy (non-hydrogen) atoms. The number of aliphatic carboxylic acids is 1. The first kappa shape index (κ1) is 18.9. The van der Waals surface area contributed by atoms with E-state index in [1.807, 2.05) is 20.8 Å². The monoisotopic (exact) mass is 348 g/mol. The first-order valence-corrected chi connectivity index (χ1v) is 8.39. The van der Waals surface area contributed by atoms with E-state index >= 15 is 0 Å². The largest absolute Gasteiger partial charge is 0.480 e. The number of pyridine rings is 1. The Labute approximate surface area is 145 Å².